The Morgan fingerprint density at radius 2 is 1.20 bits per heavy atom. The van der Waals surface area contributed by atoms with E-state index in [1.54, 1.807) is 0 Å². The molecule has 0 radical (unpaired) electrons. The van der Waals surface area contributed by atoms with Crippen LogP contribution in [0.2, 0.25) is 0 Å². The third-order valence-corrected chi connectivity index (χ3v) is 0. The van der Waals surface area contributed by atoms with E-state index in [9.17, 15) is 0 Å². The van der Waals surface area contributed by atoms with Crippen molar-refractivity contribution in [3.63, 3.8) is 0 Å². The molecule has 0 saturated heterocycles. The van der Waals surface area contributed by atoms with Crippen molar-refractivity contribution >= 4 is 0 Å². The molecular weight excluding hydrogens is 73.0 g/mol. The van der Waals surface area contributed by atoms with Gasteiger partial charge in [-0.25, -0.2) is 0 Å². The van der Waals surface area contributed by atoms with Gasteiger partial charge in [0.05, 0.1) is 0 Å². The van der Waals surface area contributed by atoms with Crippen molar-refractivity contribution in [3.8, 4) is 0 Å². The van der Waals surface area contributed by atoms with Crippen LogP contribution in [0.15, 0.2) is 0 Å². The average Bonchev–Trinajstić information content (AvgIpc) is 0.811. The van der Waals surface area contributed by atoms with Crippen LogP contribution in [0, 0.1) is 0 Å². The van der Waals surface area contributed by atoms with Gasteiger partial charge in [0.1, 0.15) is 0 Å². The number of nitrogens with zero attached hydrogens (tertiary/aromatic N) is 1. The normalized spacial score (nSPS) is 7.20. The zero-order chi connectivity index (χ0) is 3.58. The van der Waals surface area contributed by atoms with Crippen LogP contribution in [0.1, 0.15) is 1.43 Å². The summed E-state index contributed by atoms with van der Waals surface area (Å²) in [4.78, 5) is 2.00. The van der Waals surface area contributed by atoms with Crippen LogP contribution in [0.25, 0.3) is 0 Å². The molecule has 1 nitrogen and oxygen atoms in total. The Labute approximate surface area is 57.1 Å². The van der Waals surface area contributed by atoms with Crippen molar-refractivity contribution in [2.75, 3.05) is 21.1 Å². The first-order valence-electron chi connectivity index (χ1n) is 1.34. The molecule has 0 aliphatic heterocycles. The van der Waals surface area contributed by atoms with Crippen LogP contribution in [-0.2, 0) is 0 Å². The smallest absolute Gasteiger partial charge is 1.00 e. The number of hydrogen-bond donors (Lipinski definition) is 0. The standard InChI is InChI=1S/C3H9N.Na.H/c1-4(2)3;;/h1-3H3;;/q;+1;-1. The van der Waals surface area contributed by atoms with Gasteiger partial charge in [0.15, 0.2) is 0 Å². The van der Waals surface area contributed by atoms with Gasteiger partial charge in [-0.2, -0.15) is 0 Å². The van der Waals surface area contributed by atoms with Gasteiger partial charge in [0, 0.05) is 0 Å². The molecule has 0 spiro atoms. The number of rotatable bonds is 0. The van der Waals surface area contributed by atoms with Crippen molar-refractivity contribution in [2.45, 2.75) is 0 Å². The monoisotopic (exact) mass is 83.1 g/mol. The quantitative estimate of drug-likeness (QED) is 0.288. The predicted molar refractivity (Wildman–Crippen MR) is 20.7 cm³/mol. The maximum Gasteiger partial charge on any atom is 1.00 e. The zero-order valence-corrected chi connectivity index (χ0v) is 6.45. The molecule has 0 N–H and O–H groups in total. The van der Waals surface area contributed by atoms with Crippen LogP contribution >= 0.6 is 0 Å². The minimum Gasteiger partial charge on any atom is -1.00 e. The van der Waals surface area contributed by atoms with Gasteiger partial charge in [-0.1, -0.05) is 0 Å². The van der Waals surface area contributed by atoms with Crippen LogP contribution < -0.4 is 29.6 Å². The minimum atomic E-state index is 0. The van der Waals surface area contributed by atoms with E-state index in [0.717, 1.165) is 0 Å². The Kier molecular flexibility index (Phi) is 9.28. The summed E-state index contributed by atoms with van der Waals surface area (Å²) in [6.07, 6.45) is 0. The van der Waals surface area contributed by atoms with Crippen molar-refractivity contribution < 1.29 is 31.0 Å². The van der Waals surface area contributed by atoms with Crippen LogP contribution in [0.5, 0.6) is 0 Å². The molecule has 28 valence electrons. The van der Waals surface area contributed by atoms with Crippen LogP contribution in [0.4, 0.5) is 0 Å². The molecule has 5 heavy (non-hydrogen) atoms. The van der Waals surface area contributed by atoms with Gasteiger partial charge in [-0.05, 0) is 21.1 Å². The summed E-state index contributed by atoms with van der Waals surface area (Å²) in [6, 6.07) is 0. The van der Waals surface area contributed by atoms with Crippen molar-refractivity contribution in [3.05, 3.63) is 0 Å². The fraction of sp³-hybridized carbons (Fsp3) is 1.00. The molecule has 0 bridgehead atoms. The van der Waals surface area contributed by atoms with Gasteiger partial charge in [0.2, 0.25) is 0 Å². The first-order valence-corrected chi connectivity index (χ1v) is 1.34. The minimum absolute atomic E-state index is 0. The average molecular weight is 83.1 g/mol. The largest absolute Gasteiger partial charge is 1.00 e. The Balaban J connectivity index is -0.0000000450. The second-order valence-electron chi connectivity index (χ2n) is 1.34. The molecule has 0 fully saturated rings. The van der Waals surface area contributed by atoms with Crippen LogP contribution in [-0.4, -0.2) is 26.0 Å². The summed E-state index contributed by atoms with van der Waals surface area (Å²) in [6.45, 7) is 0. The molecule has 0 unspecified atom stereocenters. The fourth-order valence-electron chi connectivity index (χ4n) is 0. The van der Waals surface area contributed by atoms with Crippen molar-refractivity contribution in [2.24, 2.45) is 0 Å². The third kappa shape index (κ3) is 47.2. The third-order valence-electron chi connectivity index (χ3n) is 0. The summed E-state index contributed by atoms with van der Waals surface area (Å²) < 4.78 is 0. The van der Waals surface area contributed by atoms with Gasteiger partial charge < -0.3 is 6.33 Å². The Morgan fingerprint density at radius 3 is 1.20 bits per heavy atom. The predicted octanol–water partition coefficient (Wildman–Crippen LogP) is -2.71. The molecule has 0 aliphatic carbocycles. The van der Waals surface area contributed by atoms with E-state index in [2.05, 4.69) is 0 Å². The first-order chi connectivity index (χ1) is 1.73. The topological polar surface area (TPSA) is 3.24 Å². The Hall–Kier alpha value is 0.960. The van der Waals surface area contributed by atoms with Crippen molar-refractivity contribution in [1.82, 2.24) is 4.90 Å². The summed E-state index contributed by atoms with van der Waals surface area (Å²) in [7, 11) is 6.00. The maximum atomic E-state index is 2.00. The Bertz CT molecular complexity index is 15.5. The molecule has 2 heteroatoms. The van der Waals surface area contributed by atoms with E-state index >= 15 is 0 Å². The van der Waals surface area contributed by atoms with E-state index in [1.807, 2.05) is 26.0 Å². The number of hydrogen-bond acceptors (Lipinski definition) is 1. The van der Waals surface area contributed by atoms with Gasteiger partial charge in [0.25, 0.3) is 0 Å². The van der Waals surface area contributed by atoms with E-state index < -0.39 is 0 Å². The SMILES string of the molecule is CN(C)C.[H-].[Na+]. The molecule has 0 saturated carbocycles. The molecule has 0 aromatic rings. The summed E-state index contributed by atoms with van der Waals surface area (Å²) in [5.74, 6) is 0. The molecule has 0 heterocycles. The molecule has 0 aromatic heterocycles. The van der Waals surface area contributed by atoms with Crippen molar-refractivity contribution in [1.29, 1.82) is 0 Å². The summed E-state index contributed by atoms with van der Waals surface area (Å²) in [5, 5.41) is 0. The molecule has 0 aliphatic rings. The van der Waals surface area contributed by atoms with E-state index in [4.69, 9.17) is 0 Å². The van der Waals surface area contributed by atoms with E-state index in [-0.39, 0.29) is 31.0 Å². The summed E-state index contributed by atoms with van der Waals surface area (Å²) in [5.41, 5.74) is 0. The molecule has 0 aromatic carbocycles. The van der Waals surface area contributed by atoms with Crippen LogP contribution in [0.3, 0.4) is 0 Å². The molecule has 0 amide bonds. The molecular formula is C3H10NNa. The van der Waals surface area contributed by atoms with E-state index in [0.29, 0.717) is 0 Å². The second kappa shape index (κ2) is 4.96. The van der Waals surface area contributed by atoms with Gasteiger partial charge in [-0.15, -0.1) is 0 Å². The summed E-state index contributed by atoms with van der Waals surface area (Å²) >= 11 is 0. The Morgan fingerprint density at radius 1 is 1.20 bits per heavy atom. The fourth-order valence-corrected chi connectivity index (χ4v) is 0. The second-order valence-corrected chi connectivity index (χ2v) is 1.34. The first kappa shape index (κ1) is 9.35. The zero-order valence-electron chi connectivity index (χ0n) is 5.45. The van der Waals surface area contributed by atoms with E-state index in [1.165, 1.54) is 0 Å². The van der Waals surface area contributed by atoms with Gasteiger partial charge in [-0.3, -0.25) is 0 Å². The van der Waals surface area contributed by atoms with Gasteiger partial charge >= 0.3 is 29.6 Å². The molecule has 0 atom stereocenters. The molecule has 0 rings (SSSR count). The maximum absolute atomic E-state index is 2.00.